The number of hydrogen-bond acceptors (Lipinski definition) is 3. The highest BCUT2D eigenvalue weighted by molar-refractivity contribution is 4.92. The van der Waals surface area contributed by atoms with Crippen LogP contribution in [0.3, 0.4) is 0 Å². The third-order valence-corrected chi connectivity index (χ3v) is 2.65. The fourth-order valence-corrected chi connectivity index (χ4v) is 1.70. The van der Waals surface area contributed by atoms with E-state index in [0.29, 0.717) is 6.04 Å². The highest BCUT2D eigenvalue weighted by Gasteiger charge is 2.35. The molecule has 0 aliphatic heterocycles. The largest absolute Gasteiger partial charge is 0.355 e. The van der Waals surface area contributed by atoms with Crippen LogP contribution in [0.5, 0.6) is 0 Å². The topological polar surface area (TPSA) is 30.5 Å². The lowest BCUT2D eigenvalue weighted by molar-refractivity contribution is -0.0990. The van der Waals surface area contributed by atoms with E-state index >= 15 is 0 Å². The van der Waals surface area contributed by atoms with Crippen molar-refractivity contribution in [2.75, 3.05) is 20.8 Å². The smallest absolute Gasteiger partial charge is 0.169 e. The van der Waals surface area contributed by atoms with Crippen LogP contribution in [0.4, 0.5) is 0 Å². The Labute approximate surface area is 80.8 Å². The molecule has 0 aromatic rings. The summed E-state index contributed by atoms with van der Waals surface area (Å²) in [5.41, 5.74) is 0. The standard InChI is InChI=1S/C10H21NO2/c1-4-5-8-6-9(8)11-7-10(12-2)13-3/h8-11H,4-7H2,1-3H3. The molecule has 1 rings (SSSR count). The van der Waals surface area contributed by atoms with Gasteiger partial charge in [-0.05, 0) is 18.8 Å². The molecular formula is C10H21NO2. The van der Waals surface area contributed by atoms with E-state index in [1.165, 1.54) is 19.3 Å². The molecule has 0 spiro atoms. The summed E-state index contributed by atoms with van der Waals surface area (Å²) in [6.07, 6.45) is 3.87. The fourth-order valence-electron chi connectivity index (χ4n) is 1.70. The molecule has 0 amide bonds. The number of methoxy groups -OCH3 is 2. The quantitative estimate of drug-likeness (QED) is 0.611. The molecule has 0 radical (unpaired) electrons. The molecule has 13 heavy (non-hydrogen) atoms. The van der Waals surface area contributed by atoms with Gasteiger partial charge in [-0.2, -0.15) is 0 Å². The fraction of sp³-hybridized carbons (Fsp3) is 1.00. The number of rotatable bonds is 7. The summed E-state index contributed by atoms with van der Waals surface area (Å²) in [5.74, 6) is 0.902. The zero-order valence-electron chi connectivity index (χ0n) is 8.88. The predicted octanol–water partition coefficient (Wildman–Crippen LogP) is 1.38. The van der Waals surface area contributed by atoms with Gasteiger partial charge < -0.3 is 14.8 Å². The summed E-state index contributed by atoms with van der Waals surface area (Å²) in [4.78, 5) is 0. The third-order valence-electron chi connectivity index (χ3n) is 2.65. The van der Waals surface area contributed by atoms with Crippen LogP contribution < -0.4 is 5.32 Å². The van der Waals surface area contributed by atoms with Crippen molar-refractivity contribution in [2.24, 2.45) is 5.92 Å². The summed E-state index contributed by atoms with van der Waals surface area (Å²) < 4.78 is 10.2. The first-order valence-electron chi connectivity index (χ1n) is 5.10. The second-order valence-corrected chi connectivity index (χ2v) is 3.70. The molecule has 1 aliphatic carbocycles. The number of nitrogens with one attached hydrogen (secondary N) is 1. The maximum atomic E-state index is 5.09. The van der Waals surface area contributed by atoms with Gasteiger partial charge in [0.1, 0.15) is 0 Å². The molecule has 3 nitrogen and oxygen atoms in total. The Hall–Kier alpha value is -0.120. The van der Waals surface area contributed by atoms with E-state index in [1.54, 1.807) is 14.2 Å². The van der Waals surface area contributed by atoms with Crippen molar-refractivity contribution in [1.29, 1.82) is 0 Å². The minimum absolute atomic E-state index is 0.0946. The Kier molecular flexibility index (Phi) is 4.70. The van der Waals surface area contributed by atoms with Crippen LogP contribution in [-0.2, 0) is 9.47 Å². The van der Waals surface area contributed by atoms with Gasteiger partial charge in [0.25, 0.3) is 0 Å². The van der Waals surface area contributed by atoms with Crippen molar-refractivity contribution in [1.82, 2.24) is 5.32 Å². The molecule has 3 heteroatoms. The van der Waals surface area contributed by atoms with Gasteiger partial charge >= 0.3 is 0 Å². The molecule has 78 valence electrons. The van der Waals surface area contributed by atoms with Crippen molar-refractivity contribution in [3.63, 3.8) is 0 Å². The van der Waals surface area contributed by atoms with Gasteiger partial charge in [0.15, 0.2) is 6.29 Å². The second kappa shape index (κ2) is 5.58. The minimum Gasteiger partial charge on any atom is -0.355 e. The first-order valence-corrected chi connectivity index (χ1v) is 5.10. The lowest BCUT2D eigenvalue weighted by atomic mass is 10.2. The average molecular weight is 187 g/mol. The molecule has 1 saturated carbocycles. The summed E-state index contributed by atoms with van der Waals surface area (Å²) in [7, 11) is 3.35. The highest BCUT2D eigenvalue weighted by atomic mass is 16.7. The van der Waals surface area contributed by atoms with E-state index in [1.807, 2.05) is 0 Å². The Balaban J connectivity index is 2.01. The van der Waals surface area contributed by atoms with E-state index < -0.39 is 0 Å². The predicted molar refractivity (Wildman–Crippen MR) is 52.6 cm³/mol. The van der Waals surface area contributed by atoms with Crippen LogP contribution >= 0.6 is 0 Å². The normalized spacial score (nSPS) is 26.8. The van der Waals surface area contributed by atoms with Crippen LogP contribution in [0.1, 0.15) is 26.2 Å². The van der Waals surface area contributed by atoms with Gasteiger partial charge in [-0.3, -0.25) is 0 Å². The Morgan fingerprint density at radius 3 is 2.62 bits per heavy atom. The van der Waals surface area contributed by atoms with Crippen LogP contribution in [0.2, 0.25) is 0 Å². The zero-order chi connectivity index (χ0) is 9.68. The Bertz CT molecular complexity index is 137. The lowest BCUT2D eigenvalue weighted by Gasteiger charge is -2.13. The maximum absolute atomic E-state index is 5.09. The third kappa shape index (κ3) is 3.63. The monoisotopic (exact) mass is 187 g/mol. The highest BCUT2D eigenvalue weighted by Crippen LogP contribution is 2.34. The second-order valence-electron chi connectivity index (χ2n) is 3.70. The van der Waals surface area contributed by atoms with Gasteiger partial charge in [0.2, 0.25) is 0 Å². The van der Waals surface area contributed by atoms with E-state index in [9.17, 15) is 0 Å². The van der Waals surface area contributed by atoms with E-state index in [2.05, 4.69) is 12.2 Å². The Morgan fingerprint density at radius 2 is 2.08 bits per heavy atom. The molecule has 1 N–H and O–H groups in total. The molecule has 0 aromatic heterocycles. The van der Waals surface area contributed by atoms with Crippen molar-refractivity contribution < 1.29 is 9.47 Å². The average Bonchev–Trinajstić information content (AvgIpc) is 2.86. The van der Waals surface area contributed by atoms with E-state index in [-0.39, 0.29) is 6.29 Å². The molecule has 0 heterocycles. The van der Waals surface area contributed by atoms with Crippen molar-refractivity contribution in [3.05, 3.63) is 0 Å². The summed E-state index contributed by atoms with van der Waals surface area (Å²) in [5, 5.41) is 3.44. The minimum atomic E-state index is -0.0946. The van der Waals surface area contributed by atoms with Gasteiger partial charge in [0, 0.05) is 26.8 Å². The molecule has 0 saturated heterocycles. The van der Waals surface area contributed by atoms with Gasteiger partial charge in [-0.25, -0.2) is 0 Å². The summed E-state index contributed by atoms with van der Waals surface area (Å²) in [6, 6.07) is 0.716. The van der Waals surface area contributed by atoms with Crippen molar-refractivity contribution >= 4 is 0 Å². The van der Waals surface area contributed by atoms with Crippen LogP contribution in [-0.4, -0.2) is 33.1 Å². The van der Waals surface area contributed by atoms with Gasteiger partial charge in [-0.15, -0.1) is 0 Å². The molecule has 0 bridgehead atoms. The zero-order valence-corrected chi connectivity index (χ0v) is 8.88. The van der Waals surface area contributed by atoms with Crippen molar-refractivity contribution in [3.8, 4) is 0 Å². The molecule has 0 aromatic carbocycles. The SMILES string of the molecule is CCCC1CC1NCC(OC)OC. The molecule has 1 aliphatic rings. The van der Waals surface area contributed by atoms with Crippen LogP contribution in [0.15, 0.2) is 0 Å². The molecule has 2 atom stereocenters. The Morgan fingerprint density at radius 1 is 1.38 bits per heavy atom. The summed E-state index contributed by atoms with van der Waals surface area (Å²) in [6.45, 7) is 3.04. The maximum Gasteiger partial charge on any atom is 0.169 e. The lowest BCUT2D eigenvalue weighted by Crippen LogP contribution is -2.31. The van der Waals surface area contributed by atoms with E-state index in [4.69, 9.17) is 9.47 Å². The van der Waals surface area contributed by atoms with Crippen molar-refractivity contribution in [2.45, 2.75) is 38.5 Å². The number of hydrogen-bond donors (Lipinski definition) is 1. The van der Waals surface area contributed by atoms with Crippen LogP contribution in [0.25, 0.3) is 0 Å². The molecule has 1 fully saturated rings. The number of ether oxygens (including phenoxy) is 2. The van der Waals surface area contributed by atoms with Crippen LogP contribution in [0, 0.1) is 5.92 Å². The van der Waals surface area contributed by atoms with E-state index in [0.717, 1.165) is 12.5 Å². The molecular weight excluding hydrogens is 166 g/mol. The first kappa shape index (κ1) is 11.0. The molecule has 2 unspecified atom stereocenters. The first-order chi connectivity index (χ1) is 6.31. The summed E-state index contributed by atoms with van der Waals surface area (Å²) >= 11 is 0. The van der Waals surface area contributed by atoms with Gasteiger partial charge in [-0.1, -0.05) is 13.3 Å². The van der Waals surface area contributed by atoms with Gasteiger partial charge in [0.05, 0.1) is 0 Å².